The summed E-state index contributed by atoms with van der Waals surface area (Å²) in [6, 6.07) is 0. The van der Waals surface area contributed by atoms with E-state index in [2.05, 4.69) is 20.4 Å². The number of ether oxygens (including phenoxy) is 2. The molecule has 0 aromatic carbocycles. The topological polar surface area (TPSA) is 91.2 Å². The number of rotatable bonds is 7. The average Bonchev–Trinajstić information content (AvgIpc) is 3.03. The maximum Gasteiger partial charge on any atom is 0.242 e. The van der Waals surface area contributed by atoms with Crippen LogP contribution >= 0.6 is 0 Å². The lowest BCUT2D eigenvalue weighted by Gasteiger charge is -2.13. The van der Waals surface area contributed by atoms with Crippen molar-refractivity contribution < 1.29 is 14.3 Å². The Bertz CT molecular complexity index is 1100. The van der Waals surface area contributed by atoms with Crippen molar-refractivity contribution >= 4 is 16.9 Å². The molecule has 1 N–H and O–H groups in total. The summed E-state index contributed by atoms with van der Waals surface area (Å²) in [5.41, 5.74) is 6.52. The van der Waals surface area contributed by atoms with E-state index in [-0.39, 0.29) is 5.91 Å². The number of carbonyl (C=O) groups excluding carboxylic acids is 1. The highest BCUT2D eigenvalue weighted by atomic mass is 16.5. The molecule has 3 heterocycles. The molecule has 0 radical (unpaired) electrons. The third-order valence-corrected chi connectivity index (χ3v) is 5.52. The molecule has 0 aliphatic rings. The molecule has 8 nitrogen and oxygen atoms in total. The monoisotopic (exact) mass is 411 g/mol. The molecule has 0 aliphatic carbocycles. The maximum atomic E-state index is 12.5. The number of hydrogen-bond acceptors (Lipinski definition) is 6. The van der Waals surface area contributed by atoms with Crippen LogP contribution in [0.3, 0.4) is 0 Å². The van der Waals surface area contributed by atoms with Gasteiger partial charge in [-0.25, -0.2) is 9.67 Å². The zero-order valence-electron chi connectivity index (χ0n) is 18.7. The lowest BCUT2D eigenvalue weighted by Crippen LogP contribution is -2.24. The molecule has 30 heavy (non-hydrogen) atoms. The molecule has 0 spiro atoms. The fraction of sp³-hybridized carbons (Fsp3) is 0.455. The highest BCUT2D eigenvalue weighted by Gasteiger charge is 2.18. The van der Waals surface area contributed by atoms with Crippen LogP contribution in [-0.2, 0) is 24.8 Å². The minimum atomic E-state index is -0.0345. The predicted octanol–water partition coefficient (Wildman–Crippen LogP) is 2.86. The van der Waals surface area contributed by atoms with Gasteiger partial charge in [-0.05, 0) is 45.2 Å². The second kappa shape index (κ2) is 8.69. The molecule has 160 valence electrons. The molecule has 3 rings (SSSR count). The number of carbonyl (C=O) groups is 1. The Labute approximate surface area is 176 Å². The van der Waals surface area contributed by atoms with Crippen molar-refractivity contribution in [1.29, 1.82) is 0 Å². The molecular formula is C22H29N5O3. The molecule has 3 aromatic rings. The maximum absolute atomic E-state index is 12.5. The van der Waals surface area contributed by atoms with Gasteiger partial charge in [-0.3, -0.25) is 9.78 Å². The molecule has 0 aliphatic heterocycles. The molecule has 0 atom stereocenters. The fourth-order valence-electron chi connectivity index (χ4n) is 3.87. The van der Waals surface area contributed by atoms with Crippen molar-refractivity contribution in [2.45, 2.75) is 47.1 Å². The van der Waals surface area contributed by atoms with Gasteiger partial charge in [0.05, 0.1) is 31.8 Å². The Morgan fingerprint density at radius 2 is 1.87 bits per heavy atom. The standard InChI is InChI=1S/C22H29N5O3/c1-12-10-23-17(14(3)20(12)29-6)11-24-18(28)9-8-16-13(2)19-21(25-15(16)4)27(5)26-22(19)30-7/h10H,8-9,11H2,1-7H3,(H,24,28). The van der Waals surface area contributed by atoms with Crippen molar-refractivity contribution in [2.75, 3.05) is 14.2 Å². The summed E-state index contributed by atoms with van der Waals surface area (Å²) in [7, 11) is 5.09. The summed E-state index contributed by atoms with van der Waals surface area (Å²) in [5.74, 6) is 1.33. The highest BCUT2D eigenvalue weighted by Crippen LogP contribution is 2.30. The van der Waals surface area contributed by atoms with E-state index < -0.39 is 0 Å². The summed E-state index contributed by atoms with van der Waals surface area (Å²) in [6.07, 6.45) is 2.72. The second-order valence-corrected chi connectivity index (χ2v) is 7.46. The number of nitrogens with zero attached hydrogens (tertiary/aromatic N) is 4. The fourth-order valence-corrected chi connectivity index (χ4v) is 3.87. The van der Waals surface area contributed by atoms with Crippen LogP contribution in [0.1, 0.15) is 40.1 Å². The van der Waals surface area contributed by atoms with Gasteiger partial charge in [0.25, 0.3) is 0 Å². The summed E-state index contributed by atoms with van der Waals surface area (Å²) < 4.78 is 12.6. The third-order valence-electron chi connectivity index (χ3n) is 5.52. The van der Waals surface area contributed by atoms with E-state index in [1.54, 1.807) is 25.1 Å². The van der Waals surface area contributed by atoms with Crippen LogP contribution in [0.15, 0.2) is 6.20 Å². The molecule has 0 unspecified atom stereocenters. The van der Waals surface area contributed by atoms with E-state index in [9.17, 15) is 4.79 Å². The van der Waals surface area contributed by atoms with Crippen LogP contribution in [0.4, 0.5) is 0 Å². The van der Waals surface area contributed by atoms with Gasteiger partial charge in [0, 0.05) is 36.5 Å². The molecule has 0 saturated carbocycles. The number of fused-ring (bicyclic) bond motifs is 1. The first-order valence-electron chi connectivity index (χ1n) is 9.91. The van der Waals surface area contributed by atoms with Crippen LogP contribution in [0, 0.1) is 27.7 Å². The lowest BCUT2D eigenvalue weighted by molar-refractivity contribution is -0.121. The van der Waals surface area contributed by atoms with Gasteiger partial charge in [-0.2, -0.15) is 0 Å². The highest BCUT2D eigenvalue weighted by molar-refractivity contribution is 5.86. The van der Waals surface area contributed by atoms with Crippen molar-refractivity contribution in [3.63, 3.8) is 0 Å². The van der Waals surface area contributed by atoms with Crippen LogP contribution in [0.5, 0.6) is 11.6 Å². The van der Waals surface area contributed by atoms with Crippen LogP contribution in [0.25, 0.3) is 11.0 Å². The van der Waals surface area contributed by atoms with Crippen molar-refractivity contribution in [3.8, 4) is 11.6 Å². The van der Waals surface area contributed by atoms with Gasteiger partial charge in [0.2, 0.25) is 11.8 Å². The van der Waals surface area contributed by atoms with Gasteiger partial charge in [0.15, 0.2) is 5.65 Å². The lowest BCUT2D eigenvalue weighted by atomic mass is 10.00. The second-order valence-electron chi connectivity index (χ2n) is 7.46. The van der Waals surface area contributed by atoms with E-state index in [0.29, 0.717) is 25.3 Å². The van der Waals surface area contributed by atoms with E-state index in [1.807, 2.05) is 34.7 Å². The molecule has 8 heteroatoms. The summed E-state index contributed by atoms with van der Waals surface area (Å²) in [4.78, 5) is 21.6. The normalized spacial score (nSPS) is 11.0. The van der Waals surface area contributed by atoms with Crippen LogP contribution < -0.4 is 14.8 Å². The van der Waals surface area contributed by atoms with E-state index >= 15 is 0 Å². The number of aromatic nitrogens is 4. The molecule has 0 fully saturated rings. The minimum absolute atomic E-state index is 0.0345. The van der Waals surface area contributed by atoms with E-state index in [0.717, 1.165) is 50.4 Å². The Hall–Kier alpha value is -3.16. The third kappa shape index (κ3) is 3.94. The zero-order valence-corrected chi connectivity index (χ0v) is 18.7. The Balaban J connectivity index is 1.72. The average molecular weight is 412 g/mol. The molecule has 3 aromatic heterocycles. The Kier molecular flexibility index (Phi) is 6.24. The quantitative estimate of drug-likeness (QED) is 0.643. The van der Waals surface area contributed by atoms with Crippen molar-refractivity contribution in [3.05, 3.63) is 39.8 Å². The zero-order chi connectivity index (χ0) is 22.0. The predicted molar refractivity (Wildman–Crippen MR) is 115 cm³/mol. The van der Waals surface area contributed by atoms with Gasteiger partial charge in [-0.1, -0.05) is 0 Å². The van der Waals surface area contributed by atoms with Crippen molar-refractivity contribution in [1.82, 2.24) is 25.1 Å². The Morgan fingerprint density at radius 1 is 1.13 bits per heavy atom. The van der Waals surface area contributed by atoms with E-state index in [1.165, 1.54) is 0 Å². The molecule has 0 saturated heterocycles. The van der Waals surface area contributed by atoms with Gasteiger partial charge in [-0.15, -0.1) is 5.10 Å². The molecule has 0 bridgehead atoms. The first-order chi connectivity index (χ1) is 14.3. The number of methoxy groups -OCH3 is 2. The number of hydrogen-bond donors (Lipinski definition) is 1. The SMILES string of the molecule is COc1c(C)cnc(CNC(=O)CCc2c(C)nc3c(c(OC)nn3C)c2C)c1C. The summed E-state index contributed by atoms with van der Waals surface area (Å²) in [5, 5.41) is 8.23. The summed E-state index contributed by atoms with van der Waals surface area (Å²) >= 11 is 0. The largest absolute Gasteiger partial charge is 0.496 e. The first-order valence-corrected chi connectivity index (χ1v) is 9.91. The first kappa shape index (κ1) is 21.5. The van der Waals surface area contributed by atoms with Crippen molar-refractivity contribution in [2.24, 2.45) is 7.05 Å². The van der Waals surface area contributed by atoms with Gasteiger partial charge in [0.1, 0.15) is 5.75 Å². The Morgan fingerprint density at radius 3 is 2.53 bits per heavy atom. The minimum Gasteiger partial charge on any atom is -0.496 e. The molecule has 1 amide bonds. The number of amides is 1. The number of pyridine rings is 2. The molecular weight excluding hydrogens is 382 g/mol. The van der Waals surface area contributed by atoms with Gasteiger partial charge < -0.3 is 14.8 Å². The van der Waals surface area contributed by atoms with Crippen LogP contribution in [0.2, 0.25) is 0 Å². The van der Waals surface area contributed by atoms with Crippen LogP contribution in [-0.4, -0.2) is 39.9 Å². The van der Waals surface area contributed by atoms with E-state index in [4.69, 9.17) is 9.47 Å². The number of nitrogens with one attached hydrogen (secondary N) is 1. The number of aryl methyl sites for hydroxylation is 4. The smallest absolute Gasteiger partial charge is 0.242 e. The van der Waals surface area contributed by atoms with Gasteiger partial charge >= 0.3 is 0 Å². The summed E-state index contributed by atoms with van der Waals surface area (Å²) in [6.45, 7) is 8.27.